The molecular formula is C15H20F6NO3PSi. The minimum atomic E-state index is -4.79. The summed E-state index contributed by atoms with van der Waals surface area (Å²) in [5, 5.41) is 0. The van der Waals surface area contributed by atoms with E-state index < -0.39 is 41.5 Å². The molecule has 0 unspecified atom stereocenters. The van der Waals surface area contributed by atoms with Gasteiger partial charge in [0.25, 0.3) is 0 Å². The summed E-state index contributed by atoms with van der Waals surface area (Å²) in [5.74, 6) is -0.0275. The highest BCUT2D eigenvalue weighted by molar-refractivity contribution is 7.53. The minimum Gasteiger partial charge on any atom is -0.419 e. The molecule has 1 rings (SSSR count). The van der Waals surface area contributed by atoms with Crippen LogP contribution in [0, 0.1) is 0 Å². The van der Waals surface area contributed by atoms with Gasteiger partial charge in [-0.1, -0.05) is 24.8 Å². The van der Waals surface area contributed by atoms with Crippen LogP contribution in [0.1, 0.15) is 5.56 Å². The molecule has 154 valence electrons. The van der Waals surface area contributed by atoms with E-state index in [-0.39, 0.29) is 5.75 Å². The molecule has 0 heterocycles. The van der Waals surface area contributed by atoms with Crippen LogP contribution in [0.25, 0.3) is 6.08 Å². The third kappa shape index (κ3) is 9.99. The first-order valence-electron chi connectivity index (χ1n) is 7.61. The molecule has 0 atom stereocenters. The van der Waals surface area contributed by atoms with Gasteiger partial charge in [0.2, 0.25) is 0 Å². The van der Waals surface area contributed by atoms with Gasteiger partial charge in [-0.3, -0.25) is 13.5 Å². The van der Waals surface area contributed by atoms with Crippen molar-refractivity contribution in [1.29, 1.82) is 0 Å². The zero-order valence-electron chi connectivity index (χ0n) is 14.9. The number of benzene rings is 1. The van der Waals surface area contributed by atoms with E-state index in [1.54, 1.807) is 19.6 Å². The van der Waals surface area contributed by atoms with Gasteiger partial charge in [-0.15, -0.1) is 0 Å². The molecule has 0 saturated carbocycles. The van der Waals surface area contributed by atoms with E-state index in [0.717, 1.165) is 0 Å². The van der Waals surface area contributed by atoms with Crippen molar-refractivity contribution in [2.75, 3.05) is 13.2 Å². The summed E-state index contributed by atoms with van der Waals surface area (Å²) in [6.45, 7) is 4.68. The molecule has 0 radical (unpaired) electrons. The van der Waals surface area contributed by atoms with Crippen LogP contribution in [-0.2, 0) is 9.05 Å². The van der Waals surface area contributed by atoms with Crippen molar-refractivity contribution in [1.82, 2.24) is 0 Å². The maximum Gasteiger partial charge on any atom is 0.412 e. The molecule has 0 aromatic heterocycles. The number of nitrogens with zero attached hydrogens (tertiary/aromatic N) is 1. The molecule has 0 aliphatic rings. The molecular weight excluding hydrogens is 415 g/mol. The standard InChI is InChI=1S/C15H20F6NO3PSi/c1-5-12-6-8-13(9-7-12)25-26(22-27(2,3)4,23-10-14(16,17)18)24-11-15(19,20)21/h5-9H,1,10-11H2,2-4H3. The van der Waals surface area contributed by atoms with E-state index in [1.165, 1.54) is 30.3 Å². The Kier molecular flexibility index (Phi) is 7.75. The maximum absolute atomic E-state index is 12.6. The van der Waals surface area contributed by atoms with Gasteiger partial charge in [-0.2, -0.15) is 26.3 Å². The zero-order chi connectivity index (χ0) is 20.9. The third-order valence-electron chi connectivity index (χ3n) is 2.54. The molecule has 0 aliphatic carbocycles. The van der Waals surface area contributed by atoms with Crippen LogP contribution in [0.2, 0.25) is 19.6 Å². The number of alkyl halides is 6. The van der Waals surface area contributed by atoms with Gasteiger partial charge in [0.1, 0.15) is 5.75 Å². The average molecular weight is 435 g/mol. The van der Waals surface area contributed by atoms with Gasteiger partial charge in [0.05, 0.1) is 0 Å². The van der Waals surface area contributed by atoms with Crippen LogP contribution in [0.5, 0.6) is 5.75 Å². The summed E-state index contributed by atoms with van der Waals surface area (Å²) in [4.78, 5) is 0. The van der Waals surface area contributed by atoms with Gasteiger partial charge in [-0.05, 0) is 37.3 Å². The van der Waals surface area contributed by atoms with E-state index in [2.05, 4.69) is 11.0 Å². The molecule has 27 heavy (non-hydrogen) atoms. The summed E-state index contributed by atoms with van der Waals surface area (Å²) in [6.07, 6.45) is -8.07. The van der Waals surface area contributed by atoms with E-state index >= 15 is 0 Å². The Morgan fingerprint density at radius 1 is 0.963 bits per heavy atom. The van der Waals surface area contributed by atoms with Crippen molar-refractivity contribution < 1.29 is 39.9 Å². The van der Waals surface area contributed by atoms with Crippen molar-refractivity contribution in [2.24, 2.45) is 4.41 Å². The second kappa shape index (κ2) is 8.81. The van der Waals surface area contributed by atoms with Gasteiger partial charge in [0, 0.05) is 0 Å². The van der Waals surface area contributed by atoms with E-state index in [0.29, 0.717) is 5.56 Å². The van der Waals surface area contributed by atoms with Crippen LogP contribution >= 0.6 is 7.74 Å². The van der Waals surface area contributed by atoms with Crippen LogP contribution < -0.4 is 4.52 Å². The summed E-state index contributed by atoms with van der Waals surface area (Å²) in [5.41, 5.74) is 0.681. The van der Waals surface area contributed by atoms with Crippen molar-refractivity contribution in [3.05, 3.63) is 36.4 Å². The fourth-order valence-corrected chi connectivity index (χ4v) is 6.39. The Hall–Kier alpha value is -1.29. The van der Waals surface area contributed by atoms with Crippen molar-refractivity contribution in [3.8, 4) is 5.75 Å². The highest BCUT2D eigenvalue weighted by Crippen LogP contribution is 2.56. The lowest BCUT2D eigenvalue weighted by Gasteiger charge is -2.28. The normalized spacial score (nSPS) is 13.4. The molecule has 0 spiro atoms. The molecule has 4 nitrogen and oxygen atoms in total. The predicted octanol–water partition coefficient (Wildman–Crippen LogP) is 6.65. The minimum absolute atomic E-state index is 0.0275. The molecule has 0 amide bonds. The van der Waals surface area contributed by atoms with Gasteiger partial charge in [0.15, 0.2) is 21.4 Å². The fraction of sp³-hybridized carbons (Fsp3) is 0.467. The number of hydrogen-bond acceptors (Lipinski definition) is 4. The quantitative estimate of drug-likeness (QED) is 0.261. The number of rotatable bonds is 8. The molecule has 0 aliphatic heterocycles. The molecule has 0 saturated heterocycles. The second-order valence-electron chi connectivity index (χ2n) is 6.38. The highest BCUT2D eigenvalue weighted by atomic mass is 31.2. The smallest absolute Gasteiger partial charge is 0.412 e. The van der Waals surface area contributed by atoms with Crippen molar-refractivity contribution in [3.63, 3.8) is 0 Å². The van der Waals surface area contributed by atoms with Crippen LogP contribution in [-0.4, -0.2) is 33.8 Å². The molecule has 1 aromatic rings. The second-order valence-corrected chi connectivity index (χ2v) is 13.2. The number of halogens is 6. The zero-order valence-corrected chi connectivity index (χ0v) is 16.8. The maximum atomic E-state index is 12.6. The molecule has 0 fully saturated rings. The first-order chi connectivity index (χ1) is 12.1. The highest BCUT2D eigenvalue weighted by Gasteiger charge is 2.40. The Balaban J connectivity index is 3.33. The lowest BCUT2D eigenvalue weighted by atomic mass is 10.2. The summed E-state index contributed by atoms with van der Waals surface area (Å²) in [7, 11) is -6.94. The van der Waals surface area contributed by atoms with Crippen molar-refractivity contribution in [2.45, 2.75) is 32.0 Å². The van der Waals surface area contributed by atoms with E-state index in [4.69, 9.17) is 13.6 Å². The Morgan fingerprint density at radius 2 is 1.41 bits per heavy atom. The molecule has 0 N–H and O–H groups in total. The van der Waals surface area contributed by atoms with Gasteiger partial charge < -0.3 is 4.52 Å². The van der Waals surface area contributed by atoms with Crippen LogP contribution in [0.3, 0.4) is 0 Å². The number of hydrogen-bond donors (Lipinski definition) is 0. The first-order valence-corrected chi connectivity index (χ1v) is 12.6. The SMILES string of the molecule is C=Cc1ccc(OP(=N[Si](C)(C)C)(OCC(F)(F)F)OCC(F)(F)F)cc1. The predicted molar refractivity (Wildman–Crippen MR) is 93.9 cm³/mol. The molecule has 12 heteroatoms. The summed E-state index contributed by atoms with van der Waals surface area (Å²) < 4.78 is 94.7. The van der Waals surface area contributed by atoms with E-state index in [9.17, 15) is 26.3 Å². The monoisotopic (exact) mass is 435 g/mol. The topological polar surface area (TPSA) is 40.0 Å². The van der Waals surface area contributed by atoms with Crippen molar-refractivity contribution >= 4 is 22.0 Å². The lowest BCUT2D eigenvalue weighted by molar-refractivity contribution is -0.166. The fourth-order valence-electron chi connectivity index (χ4n) is 1.64. The third-order valence-corrected chi connectivity index (χ3v) is 7.27. The first kappa shape index (κ1) is 23.7. The summed E-state index contributed by atoms with van der Waals surface area (Å²) in [6, 6.07) is 5.77. The Morgan fingerprint density at radius 3 is 1.74 bits per heavy atom. The van der Waals surface area contributed by atoms with Crippen LogP contribution in [0.15, 0.2) is 35.3 Å². The Labute approximate surface area is 154 Å². The Bertz CT molecular complexity index is 661. The largest absolute Gasteiger partial charge is 0.419 e. The lowest BCUT2D eigenvalue weighted by Crippen LogP contribution is -2.24. The summed E-state index contributed by atoms with van der Waals surface area (Å²) >= 11 is 0. The van der Waals surface area contributed by atoms with Gasteiger partial charge >= 0.3 is 20.1 Å². The molecule has 1 aromatic carbocycles. The molecule has 0 bridgehead atoms. The average Bonchev–Trinajstić information content (AvgIpc) is 2.49. The van der Waals surface area contributed by atoms with Gasteiger partial charge in [-0.25, -0.2) is 0 Å². The van der Waals surface area contributed by atoms with Crippen LogP contribution in [0.4, 0.5) is 26.3 Å². The van der Waals surface area contributed by atoms with E-state index in [1.807, 2.05) is 0 Å².